The molecule has 0 amide bonds. The van der Waals surface area contributed by atoms with Crippen LogP contribution in [0.1, 0.15) is 22.9 Å². The Balaban J connectivity index is 1.85. The van der Waals surface area contributed by atoms with Gasteiger partial charge in [0.1, 0.15) is 0 Å². The Bertz CT molecular complexity index is 616. The molecule has 1 aromatic heterocycles. The summed E-state index contributed by atoms with van der Waals surface area (Å²) in [5, 5.41) is 6.44. The molecule has 1 aliphatic rings. The maximum atomic E-state index is 12.6. The predicted molar refractivity (Wildman–Crippen MR) is 67.4 cm³/mol. The van der Waals surface area contributed by atoms with Crippen LogP contribution in [0.15, 0.2) is 24.3 Å². The summed E-state index contributed by atoms with van der Waals surface area (Å²) in [7, 11) is 0. The van der Waals surface area contributed by atoms with Crippen LogP contribution in [-0.4, -0.2) is 21.3 Å². The summed E-state index contributed by atoms with van der Waals surface area (Å²) in [4.78, 5) is 3.48. The normalized spacial score (nSPS) is 18.5. The first-order chi connectivity index (χ1) is 9.43. The van der Waals surface area contributed by atoms with Gasteiger partial charge in [-0.15, -0.1) is 5.10 Å². The largest absolute Gasteiger partial charge is 0.453 e. The van der Waals surface area contributed by atoms with Gasteiger partial charge in [0.15, 0.2) is 0 Å². The van der Waals surface area contributed by atoms with Gasteiger partial charge in [-0.3, -0.25) is 0 Å². The minimum Gasteiger partial charge on any atom is -0.354 e. The first kappa shape index (κ1) is 13.0. The van der Waals surface area contributed by atoms with Crippen molar-refractivity contribution in [2.45, 2.75) is 25.6 Å². The van der Waals surface area contributed by atoms with Gasteiger partial charge in [0.2, 0.25) is 5.95 Å². The Kier molecular flexibility index (Phi) is 2.92. The number of aromatic nitrogens is 3. The van der Waals surface area contributed by atoms with Gasteiger partial charge in [-0.1, -0.05) is 29.8 Å². The molecule has 0 radical (unpaired) electrons. The van der Waals surface area contributed by atoms with Crippen molar-refractivity contribution < 1.29 is 13.2 Å². The van der Waals surface area contributed by atoms with E-state index in [4.69, 9.17) is 0 Å². The zero-order valence-electron chi connectivity index (χ0n) is 10.8. The van der Waals surface area contributed by atoms with Gasteiger partial charge < -0.3 is 5.32 Å². The Morgan fingerprint density at radius 3 is 2.60 bits per heavy atom. The van der Waals surface area contributed by atoms with E-state index in [2.05, 4.69) is 15.4 Å². The maximum absolute atomic E-state index is 12.6. The van der Waals surface area contributed by atoms with E-state index in [1.165, 1.54) is 4.68 Å². The number of anilines is 1. The summed E-state index contributed by atoms with van der Waals surface area (Å²) in [6.45, 7) is 2.95. The van der Waals surface area contributed by atoms with Crippen LogP contribution in [0.5, 0.6) is 0 Å². The Hall–Kier alpha value is -2.05. The number of hydrogen-bond acceptors (Lipinski definition) is 3. The fourth-order valence-electron chi connectivity index (χ4n) is 2.27. The lowest BCUT2D eigenvalue weighted by atomic mass is 9.97. The Morgan fingerprint density at radius 2 is 1.95 bits per heavy atom. The van der Waals surface area contributed by atoms with E-state index in [-0.39, 0.29) is 11.9 Å². The third-order valence-electron chi connectivity index (χ3n) is 3.37. The zero-order valence-corrected chi connectivity index (χ0v) is 10.8. The molecule has 20 heavy (non-hydrogen) atoms. The van der Waals surface area contributed by atoms with E-state index in [0.29, 0.717) is 13.1 Å². The van der Waals surface area contributed by atoms with Crippen LogP contribution in [0, 0.1) is 6.92 Å². The first-order valence-corrected chi connectivity index (χ1v) is 6.26. The molecule has 3 rings (SSSR count). The van der Waals surface area contributed by atoms with E-state index in [1.807, 2.05) is 31.2 Å². The van der Waals surface area contributed by atoms with Crippen LogP contribution in [0.2, 0.25) is 0 Å². The SMILES string of the molecule is Cc1ccc(C2CNc3nc(C(F)(F)F)nn3C2)cc1. The number of benzene rings is 1. The minimum atomic E-state index is -4.51. The molecular weight excluding hydrogens is 269 g/mol. The van der Waals surface area contributed by atoms with Gasteiger partial charge in [0, 0.05) is 12.5 Å². The van der Waals surface area contributed by atoms with Crippen LogP contribution >= 0.6 is 0 Å². The van der Waals surface area contributed by atoms with Crippen LogP contribution in [0.25, 0.3) is 0 Å². The van der Waals surface area contributed by atoms with Crippen molar-refractivity contribution >= 4 is 5.95 Å². The van der Waals surface area contributed by atoms with Crippen molar-refractivity contribution in [3.8, 4) is 0 Å². The average Bonchev–Trinajstić information content (AvgIpc) is 2.82. The van der Waals surface area contributed by atoms with Crippen molar-refractivity contribution in [3.05, 3.63) is 41.2 Å². The van der Waals surface area contributed by atoms with Crippen molar-refractivity contribution in [3.63, 3.8) is 0 Å². The molecule has 4 nitrogen and oxygen atoms in total. The molecule has 0 saturated heterocycles. The summed E-state index contributed by atoms with van der Waals surface area (Å²) in [6.07, 6.45) is -4.51. The fraction of sp³-hybridized carbons (Fsp3) is 0.385. The smallest absolute Gasteiger partial charge is 0.354 e. The van der Waals surface area contributed by atoms with E-state index in [1.54, 1.807) is 0 Å². The van der Waals surface area contributed by atoms with Crippen molar-refractivity contribution in [2.24, 2.45) is 0 Å². The van der Waals surface area contributed by atoms with Gasteiger partial charge in [-0.2, -0.15) is 18.2 Å². The molecule has 2 aromatic rings. The number of alkyl halides is 3. The van der Waals surface area contributed by atoms with Gasteiger partial charge in [-0.25, -0.2) is 4.68 Å². The topological polar surface area (TPSA) is 42.7 Å². The van der Waals surface area contributed by atoms with Crippen molar-refractivity contribution in [1.29, 1.82) is 0 Å². The summed E-state index contributed by atoms with van der Waals surface area (Å²) in [5.74, 6) is -0.823. The molecule has 0 fully saturated rings. The van der Waals surface area contributed by atoms with Gasteiger partial charge >= 0.3 is 6.18 Å². The average molecular weight is 282 g/mol. The highest BCUT2D eigenvalue weighted by Gasteiger charge is 2.38. The highest BCUT2D eigenvalue weighted by Crippen LogP contribution is 2.30. The molecule has 1 aromatic carbocycles. The standard InChI is InChI=1S/C13H13F3N4/c1-8-2-4-9(5-3-8)10-6-17-12-18-11(13(14,15)16)19-20(12)7-10/h2-5,10H,6-7H2,1H3,(H,17,18,19). The maximum Gasteiger partial charge on any atom is 0.453 e. The fourth-order valence-corrected chi connectivity index (χ4v) is 2.27. The molecule has 0 saturated carbocycles. The number of halogens is 3. The molecular formula is C13H13F3N4. The number of fused-ring (bicyclic) bond motifs is 1. The number of nitrogens with zero attached hydrogens (tertiary/aromatic N) is 3. The molecule has 0 aliphatic carbocycles. The van der Waals surface area contributed by atoms with Crippen LogP contribution < -0.4 is 5.32 Å². The molecule has 7 heteroatoms. The van der Waals surface area contributed by atoms with E-state index in [9.17, 15) is 13.2 Å². The van der Waals surface area contributed by atoms with Crippen molar-refractivity contribution in [1.82, 2.24) is 14.8 Å². The molecule has 1 unspecified atom stereocenters. The Labute approximate surface area is 113 Å². The summed E-state index contributed by atoms with van der Waals surface area (Å²) < 4.78 is 39.0. The minimum absolute atomic E-state index is 0.0888. The van der Waals surface area contributed by atoms with E-state index >= 15 is 0 Å². The molecule has 0 spiro atoms. The van der Waals surface area contributed by atoms with E-state index < -0.39 is 12.0 Å². The van der Waals surface area contributed by atoms with Gasteiger partial charge in [0.05, 0.1) is 6.54 Å². The van der Waals surface area contributed by atoms with Gasteiger partial charge in [0.25, 0.3) is 5.82 Å². The summed E-state index contributed by atoms with van der Waals surface area (Å²) >= 11 is 0. The summed E-state index contributed by atoms with van der Waals surface area (Å²) in [6, 6.07) is 7.98. The lowest BCUT2D eigenvalue weighted by molar-refractivity contribution is -0.144. The molecule has 1 N–H and O–H groups in total. The lowest BCUT2D eigenvalue weighted by Gasteiger charge is -2.24. The molecule has 2 heterocycles. The second-order valence-corrected chi connectivity index (χ2v) is 4.93. The quantitative estimate of drug-likeness (QED) is 0.874. The third-order valence-corrected chi connectivity index (χ3v) is 3.37. The second kappa shape index (κ2) is 4.50. The summed E-state index contributed by atoms with van der Waals surface area (Å²) in [5.41, 5.74) is 2.23. The lowest BCUT2D eigenvalue weighted by Crippen LogP contribution is -2.26. The first-order valence-electron chi connectivity index (χ1n) is 6.26. The number of hydrogen-bond donors (Lipinski definition) is 1. The Morgan fingerprint density at radius 1 is 1.25 bits per heavy atom. The van der Waals surface area contributed by atoms with Crippen molar-refractivity contribution in [2.75, 3.05) is 11.9 Å². The number of nitrogens with one attached hydrogen (secondary N) is 1. The monoisotopic (exact) mass is 282 g/mol. The third kappa shape index (κ3) is 2.35. The number of aryl methyl sites for hydroxylation is 1. The van der Waals surface area contributed by atoms with Crippen LogP contribution in [0.4, 0.5) is 19.1 Å². The molecule has 1 atom stereocenters. The van der Waals surface area contributed by atoms with Gasteiger partial charge in [-0.05, 0) is 12.5 Å². The molecule has 1 aliphatic heterocycles. The van der Waals surface area contributed by atoms with Crippen LogP contribution in [-0.2, 0) is 12.7 Å². The highest BCUT2D eigenvalue weighted by atomic mass is 19.4. The second-order valence-electron chi connectivity index (χ2n) is 4.93. The molecule has 106 valence electrons. The predicted octanol–water partition coefficient (Wildman–Crippen LogP) is 2.81. The zero-order chi connectivity index (χ0) is 14.3. The molecule has 0 bridgehead atoms. The van der Waals surface area contributed by atoms with E-state index in [0.717, 1.165) is 11.1 Å². The highest BCUT2D eigenvalue weighted by molar-refractivity contribution is 5.33. The number of rotatable bonds is 1. The van der Waals surface area contributed by atoms with Crippen LogP contribution in [0.3, 0.4) is 0 Å².